The minimum atomic E-state index is -4.42. The van der Waals surface area contributed by atoms with Crippen LogP contribution in [0.2, 0.25) is 0 Å². The first kappa shape index (κ1) is 20.2. The maximum atomic E-state index is 12.2. The summed E-state index contributed by atoms with van der Waals surface area (Å²) >= 11 is 0. The average molecular weight is 394 g/mol. The topological polar surface area (TPSA) is 51.2 Å². The van der Waals surface area contributed by atoms with Crippen LogP contribution in [0.15, 0.2) is 18.3 Å². The molecule has 1 amide bonds. The minimum Gasteiger partial charge on any atom is -0.468 e. The van der Waals surface area contributed by atoms with E-state index >= 15 is 0 Å². The van der Waals surface area contributed by atoms with Gasteiger partial charge in [0.05, 0.1) is 0 Å². The Bertz CT molecular complexity index is 552. The number of hydrogen-bond acceptors (Lipinski definition) is 5. The first-order valence-corrected chi connectivity index (χ1v) is 10.5. The summed E-state index contributed by atoms with van der Waals surface area (Å²) in [5.74, 6) is 0.995. The van der Waals surface area contributed by atoms with Gasteiger partial charge in [-0.05, 0) is 25.3 Å². The van der Waals surface area contributed by atoms with E-state index in [1.165, 1.54) is 18.4 Å². The Morgan fingerprint density at radius 2 is 2.24 bits per heavy atom. The van der Waals surface area contributed by atoms with E-state index in [0.29, 0.717) is 17.2 Å². The van der Waals surface area contributed by atoms with Gasteiger partial charge in [-0.25, -0.2) is 4.98 Å². The summed E-state index contributed by atoms with van der Waals surface area (Å²) < 4.78 is 41.4. The van der Waals surface area contributed by atoms with E-state index in [0.717, 1.165) is 19.3 Å². The molecule has 0 aliphatic carbocycles. The van der Waals surface area contributed by atoms with Crippen molar-refractivity contribution in [1.29, 1.82) is 0 Å². The largest absolute Gasteiger partial charge is 0.468 e. The number of nitrogens with zero attached hydrogens (tertiary/aromatic N) is 1. The lowest BCUT2D eigenvalue weighted by Crippen LogP contribution is -2.24. The third kappa shape index (κ3) is 8.22. The van der Waals surface area contributed by atoms with Crippen molar-refractivity contribution in [3.05, 3.63) is 23.9 Å². The maximum Gasteiger partial charge on any atom is 0.422 e. The lowest BCUT2D eigenvalue weighted by Gasteiger charge is -2.12. The highest BCUT2D eigenvalue weighted by Gasteiger charge is 2.29. The molecule has 1 aromatic heterocycles. The van der Waals surface area contributed by atoms with Gasteiger partial charge in [0.15, 0.2) is 6.61 Å². The van der Waals surface area contributed by atoms with Crippen molar-refractivity contribution < 1.29 is 22.7 Å². The van der Waals surface area contributed by atoms with Crippen LogP contribution in [-0.2, 0) is 11.3 Å². The van der Waals surface area contributed by atoms with Crippen LogP contribution in [0.5, 0.6) is 5.88 Å². The van der Waals surface area contributed by atoms with E-state index in [1.54, 1.807) is 12.1 Å². The molecule has 1 aliphatic rings. The zero-order valence-corrected chi connectivity index (χ0v) is 15.3. The van der Waals surface area contributed by atoms with Gasteiger partial charge in [0.1, 0.15) is 0 Å². The van der Waals surface area contributed by atoms with Gasteiger partial charge < -0.3 is 10.1 Å². The number of ether oxygens (including phenoxy) is 1. The van der Waals surface area contributed by atoms with Crippen molar-refractivity contribution in [3.63, 3.8) is 0 Å². The Labute approximate surface area is 153 Å². The molecule has 9 heteroatoms. The maximum absolute atomic E-state index is 12.2. The number of carbonyl (C=O) groups is 1. The van der Waals surface area contributed by atoms with Gasteiger partial charge in [0.2, 0.25) is 11.8 Å². The smallest absolute Gasteiger partial charge is 0.422 e. The molecule has 1 aromatic rings. The zero-order valence-electron chi connectivity index (χ0n) is 13.7. The number of hydrogen-bond donors (Lipinski definition) is 1. The molecule has 1 saturated heterocycles. The summed E-state index contributed by atoms with van der Waals surface area (Å²) in [6.45, 7) is -1.29. The molecule has 1 unspecified atom stereocenters. The van der Waals surface area contributed by atoms with E-state index in [-0.39, 0.29) is 18.3 Å². The van der Waals surface area contributed by atoms with Gasteiger partial charge in [-0.2, -0.15) is 13.2 Å². The van der Waals surface area contributed by atoms with Crippen molar-refractivity contribution in [2.45, 2.75) is 50.1 Å². The molecule has 1 aliphatic heterocycles. The van der Waals surface area contributed by atoms with Crippen molar-refractivity contribution in [1.82, 2.24) is 10.3 Å². The molecule has 25 heavy (non-hydrogen) atoms. The summed E-state index contributed by atoms with van der Waals surface area (Å²) in [6, 6.07) is 3.19. The quantitative estimate of drug-likeness (QED) is 0.498. The van der Waals surface area contributed by atoms with Crippen molar-refractivity contribution in [2.24, 2.45) is 0 Å². The molecule has 0 spiro atoms. The molecular weight excluding hydrogens is 373 g/mol. The second-order valence-corrected chi connectivity index (χ2v) is 8.51. The molecule has 0 saturated carbocycles. The zero-order chi connectivity index (χ0) is 18.1. The number of unbranched alkanes of at least 4 members (excludes halogenated alkanes) is 1. The van der Waals surface area contributed by atoms with Crippen molar-refractivity contribution >= 4 is 27.5 Å². The SMILES string of the molecule is O=C(CCCCC1CCSS1)NCc1cccnc1OCC(F)(F)F. The fourth-order valence-electron chi connectivity index (χ4n) is 2.34. The van der Waals surface area contributed by atoms with E-state index in [1.807, 2.05) is 21.6 Å². The Kier molecular flexibility index (Phi) is 8.21. The van der Waals surface area contributed by atoms with Crippen LogP contribution in [0.1, 0.15) is 37.7 Å². The van der Waals surface area contributed by atoms with E-state index < -0.39 is 12.8 Å². The second kappa shape index (κ2) is 10.2. The van der Waals surface area contributed by atoms with Gasteiger partial charge >= 0.3 is 6.18 Å². The highest BCUT2D eigenvalue weighted by atomic mass is 33.1. The summed E-state index contributed by atoms with van der Waals surface area (Å²) in [5, 5.41) is 3.42. The summed E-state index contributed by atoms with van der Waals surface area (Å²) in [7, 11) is 3.84. The Morgan fingerprint density at radius 1 is 1.40 bits per heavy atom. The monoisotopic (exact) mass is 394 g/mol. The third-order valence-electron chi connectivity index (χ3n) is 3.61. The van der Waals surface area contributed by atoms with Gasteiger partial charge in [0, 0.05) is 35.7 Å². The first-order chi connectivity index (χ1) is 11.9. The van der Waals surface area contributed by atoms with Gasteiger partial charge in [-0.1, -0.05) is 34.1 Å². The Morgan fingerprint density at radius 3 is 2.96 bits per heavy atom. The molecular formula is C16H21F3N2O2S2. The molecule has 1 atom stereocenters. The van der Waals surface area contributed by atoms with Crippen molar-refractivity contribution in [3.8, 4) is 5.88 Å². The highest BCUT2D eigenvalue weighted by molar-refractivity contribution is 8.77. The van der Waals surface area contributed by atoms with E-state index in [9.17, 15) is 18.0 Å². The second-order valence-electron chi connectivity index (χ2n) is 5.72. The number of halogens is 3. The molecule has 0 bridgehead atoms. The van der Waals surface area contributed by atoms with Gasteiger partial charge in [0.25, 0.3) is 0 Å². The lowest BCUT2D eigenvalue weighted by atomic mass is 10.1. The van der Waals surface area contributed by atoms with Crippen molar-refractivity contribution in [2.75, 3.05) is 12.4 Å². The molecule has 2 heterocycles. The molecule has 0 aromatic carbocycles. The average Bonchev–Trinajstić information content (AvgIpc) is 3.08. The number of aromatic nitrogens is 1. The van der Waals surface area contributed by atoms with Crippen LogP contribution in [0, 0.1) is 0 Å². The normalized spacial score (nSPS) is 17.5. The number of amides is 1. The number of alkyl halides is 3. The summed E-state index contributed by atoms with van der Waals surface area (Å²) in [5.41, 5.74) is 0.430. The molecule has 2 rings (SSSR count). The lowest BCUT2D eigenvalue weighted by molar-refractivity contribution is -0.154. The van der Waals surface area contributed by atoms with E-state index in [4.69, 9.17) is 4.74 Å². The minimum absolute atomic E-state index is 0.101. The molecule has 1 fully saturated rings. The summed E-state index contributed by atoms with van der Waals surface area (Å²) in [6.07, 6.45) is 1.55. The Balaban J connectivity index is 1.68. The number of rotatable bonds is 9. The van der Waals surface area contributed by atoms with Crippen LogP contribution >= 0.6 is 21.6 Å². The fraction of sp³-hybridized carbons (Fsp3) is 0.625. The first-order valence-electron chi connectivity index (χ1n) is 8.12. The molecule has 1 N–H and O–H groups in total. The Hall–Kier alpha value is -1.09. The molecule has 0 radical (unpaired) electrons. The highest BCUT2D eigenvalue weighted by Crippen LogP contribution is 2.39. The third-order valence-corrected chi connectivity index (χ3v) is 6.61. The van der Waals surface area contributed by atoms with Gasteiger partial charge in [-0.15, -0.1) is 0 Å². The number of pyridine rings is 1. The number of carbonyl (C=O) groups excluding carboxylic acids is 1. The van der Waals surface area contributed by atoms with Crippen LogP contribution < -0.4 is 10.1 Å². The summed E-state index contributed by atoms with van der Waals surface area (Å²) in [4.78, 5) is 15.7. The van der Waals surface area contributed by atoms with Crippen LogP contribution in [0.25, 0.3) is 0 Å². The molecule has 140 valence electrons. The molecule has 4 nitrogen and oxygen atoms in total. The van der Waals surface area contributed by atoms with E-state index in [2.05, 4.69) is 10.3 Å². The number of nitrogens with one attached hydrogen (secondary N) is 1. The predicted molar refractivity (Wildman–Crippen MR) is 94.6 cm³/mol. The van der Waals surface area contributed by atoms with Crippen LogP contribution in [-0.4, -0.2) is 34.7 Å². The fourth-order valence-corrected chi connectivity index (χ4v) is 5.37. The van der Waals surface area contributed by atoms with Gasteiger partial charge in [-0.3, -0.25) is 4.79 Å². The standard InChI is InChI=1S/C16H21F3N2O2S2/c17-16(18,19)11-23-15-12(4-3-8-20-15)10-21-14(22)6-2-1-5-13-7-9-24-25-13/h3-4,8,13H,1-2,5-7,9-11H2,(H,21,22). The predicted octanol–water partition coefficient (Wildman–Crippen LogP) is 4.35. The van der Waals surface area contributed by atoms with Crippen LogP contribution in [0.3, 0.4) is 0 Å². The van der Waals surface area contributed by atoms with Crippen LogP contribution in [0.4, 0.5) is 13.2 Å².